The Hall–Kier alpha value is -1.51. The second-order valence-electron chi connectivity index (χ2n) is 3.97. The van der Waals surface area contributed by atoms with Crippen molar-refractivity contribution in [1.29, 1.82) is 0 Å². The fraction of sp³-hybridized carbons (Fsp3) is 0.417. The van der Waals surface area contributed by atoms with E-state index in [9.17, 15) is 0 Å². The van der Waals surface area contributed by atoms with Crippen LogP contribution in [0.2, 0.25) is 0 Å². The Morgan fingerprint density at radius 3 is 2.33 bits per heavy atom. The van der Waals surface area contributed by atoms with Gasteiger partial charge in [0.05, 0.1) is 5.69 Å². The number of hydrogen-bond acceptors (Lipinski definition) is 1. The first-order chi connectivity index (χ1) is 7.18. The molecule has 15 heavy (non-hydrogen) atoms. The third kappa shape index (κ3) is 1.96. The van der Waals surface area contributed by atoms with Gasteiger partial charge in [0.15, 0.2) is 5.96 Å². The highest BCUT2D eigenvalue weighted by Gasteiger charge is 2.07. The maximum absolute atomic E-state index is 4.55. The van der Waals surface area contributed by atoms with Crippen molar-refractivity contribution in [2.45, 2.75) is 20.8 Å². The summed E-state index contributed by atoms with van der Waals surface area (Å²) in [6.45, 7) is 8.32. The Balaban J connectivity index is 2.36. The summed E-state index contributed by atoms with van der Waals surface area (Å²) in [5.41, 5.74) is 4.96. The molecule has 2 N–H and O–H groups in total. The molecular formula is C12H17N3. The van der Waals surface area contributed by atoms with Gasteiger partial charge in [0.25, 0.3) is 0 Å². The molecule has 1 saturated heterocycles. The van der Waals surface area contributed by atoms with E-state index in [2.05, 4.69) is 48.5 Å². The van der Waals surface area contributed by atoms with E-state index in [0.717, 1.165) is 24.7 Å². The zero-order chi connectivity index (χ0) is 10.8. The smallest absolute Gasteiger partial charge is 0.196 e. The van der Waals surface area contributed by atoms with Crippen molar-refractivity contribution in [3.05, 3.63) is 28.8 Å². The molecule has 80 valence electrons. The Labute approximate surface area is 90.6 Å². The third-order valence-corrected chi connectivity index (χ3v) is 2.97. The van der Waals surface area contributed by atoms with Gasteiger partial charge >= 0.3 is 0 Å². The fourth-order valence-electron chi connectivity index (χ4n) is 1.69. The second kappa shape index (κ2) is 3.93. The van der Waals surface area contributed by atoms with E-state index in [0.29, 0.717) is 0 Å². The summed E-state index contributed by atoms with van der Waals surface area (Å²) >= 11 is 0. The van der Waals surface area contributed by atoms with Gasteiger partial charge in [0, 0.05) is 13.1 Å². The average molecular weight is 203 g/mol. The normalized spacial score (nSPS) is 14.7. The molecule has 3 nitrogen and oxygen atoms in total. The maximum Gasteiger partial charge on any atom is 0.196 e. The molecule has 0 saturated carbocycles. The molecule has 0 radical (unpaired) electrons. The second-order valence-corrected chi connectivity index (χ2v) is 3.97. The Kier molecular flexibility index (Phi) is 2.62. The minimum atomic E-state index is 0.890. The predicted molar refractivity (Wildman–Crippen MR) is 63.8 cm³/mol. The highest BCUT2D eigenvalue weighted by atomic mass is 15.2. The highest BCUT2D eigenvalue weighted by molar-refractivity contribution is 5.84. The lowest BCUT2D eigenvalue weighted by molar-refractivity contribution is 0.942. The molecule has 1 aromatic rings. The lowest BCUT2D eigenvalue weighted by Gasteiger charge is -2.08. The molecule has 0 unspecified atom stereocenters. The molecular weight excluding hydrogens is 186 g/mol. The molecule has 0 aromatic heterocycles. The van der Waals surface area contributed by atoms with Crippen LogP contribution in [0.15, 0.2) is 17.1 Å². The molecule has 0 bridgehead atoms. The molecule has 1 aliphatic rings. The number of hydrogen-bond donors (Lipinski definition) is 2. The predicted octanol–water partition coefficient (Wildman–Crippen LogP) is 1.79. The van der Waals surface area contributed by atoms with Crippen molar-refractivity contribution >= 4 is 11.6 Å². The molecule has 1 heterocycles. The zero-order valence-corrected chi connectivity index (χ0v) is 9.52. The van der Waals surface area contributed by atoms with Crippen LogP contribution in [0, 0.1) is 20.8 Å². The van der Waals surface area contributed by atoms with Gasteiger partial charge in [0.1, 0.15) is 0 Å². The van der Waals surface area contributed by atoms with Gasteiger partial charge in [-0.3, -0.25) is 0 Å². The zero-order valence-electron chi connectivity index (χ0n) is 9.52. The van der Waals surface area contributed by atoms with Crippen LogP contribution in [0.3, 0.4) is 0 Å². The molecule has 0 spiro atoms. The molecule has 3 heteroatoms. The van der Waals surface area contributed by atoms with Crippen LogP contribution in [0.25, 0.3) is 0 Å². The highest BCUT2D eigenvalue weighted by Crippen LogP contribution is 2.24. The van der Waals surface area contributed by atoms with Crippen LogP contribution in [-0.4, -0.2) is 19.0 Å². The monoisotopic (exact) mass is 203 g/mol. The largest absolute Gasteiger partial charge is 0.354 e. The van der Waals surface area contributed by atoms with E-state index in [-0.39, 0.29) is 0 Å². The van der Waals surface area contributed by atoms with Gasteiger partial charge in [-0.2, -0.15) is 0 Å². The quantitative estimate of drug-likeness (QED) is 0.730. The SMILES string of the molecule is Cc1ccc(N=C2NCCN2)c(C)c1C. The van der Waals surface area contributed by atoms with Gasteiger partial charge in [-0.1, -0.05) is 6.07 Å². The number of nitrogens with zero attached hydrogens (tertiary/aromatic N) is 1. The van der Waals surface area contributed by atoms with E-state index < -0.39 is 0 Å². The standard InChI is InChI=1S/C12H17N3/c1-8-4-5-11(10(3)9(8)2)15-12-13-6-7-14-12/h4-5H,6-7H2,1-3H3,(H2,13,14,15). The minimum absolute atomic E-state index is 0.890. The van der Waals surface area contributed by atoms with Crippen LogP contribution in [0.5, 0.6) is 0 Å². The molecule has 0 amide bonds. The summed E-state index contributed by atoms with van der Waals surface area (Å²) in [4.78, 5) is 4.55. The Morgan fingerprint density at radius 1 is 1.00 bits per heavy atom. The molecule has 0 atom stereocenters. The summed E-state index contributed by atoms with van der Waals surface area (Å²) < 4.78 is 0. The van der Waals surface area contributed by atoms with E-state index in [1.165, 1.54) is 16.7 Å². The van der Waals surface area contributed by atoms with Crippen molar-refractivity contribution in [2.75, 3.05) is 13.1 Å². The van der Waals surface area contributed by atoms with Gasteiger partial charge in [-0.15, -0.1) is 0 Å². The summed E-state index contributed by atoms with van der Waals surface area (Å²) in [5.74, 6) is 0.890. The minimum Gasteiger partial charge on any atom is -0.354 e. The van der Waals surface area contributed by atoms with Crippen molar-refractivity contribution in [3.63, 3.8) is 0 Å². The first-order valence-corrected chi connectivity index (χ1v) is 5.32. The number of benzene rings is 1. The van der Waals surface area contributed by atoms with Crippen molar-refractivity contribution in [1.82, 2.24) is 10.6 Å². The lowest BCUT2D eigenvalue weighted by atomic mass is 10.0. The third-order valence-electron chi connectivity index (χ3n) is 2.97. The summed E-state index contributed by atoms with van der Waals surface area (Å²) in [6.07, 6.45) is 0. The summed E-state index contributed by atoms with van der Waals surface area (Å²) in [6, 6.07) is 4.20. The Morgan fingerprint density at radius 2 is 1.67 bits per heavy atom. The topological polar surface area (TPSA) is 36.4 Å². The summed E-state index contributed by atoms with van der Waals surface area (Å²) in [7, 11) is 0. The van der Waals surface area contributed by atoms with Crippen molar-refractivity contribution in [3.8, 4) is 0 Å². The van der Waals surface area contributed by atoms with Gasteiger partial charge < -0.3 is 10.6 Å². The van der Waals surface area contributed by atoms with Gasteiger partial charge in [-0.25, -0.2) is 4.99 Å². The maximum atomic E-state index is 4.55. The first-order valence-electron chi connectivity index (χ1n) is 5.32. The van der Waals surface area contributed by atoms with Crippen LogP contribution in [0.1, 0.15) is 16.7 Å². The number of rotatable bonds is 1. The van der Waals surface area contributed by atoms with E-state index in [1.54, 1.807) is 0 Å². The van der Waals surface area contributed by atoms with Gasteiger partial charge in [-0.05, 0) is 43.5 Å². The number of aliphatic imine (C=N–C) groups is 1. The van der Waals surface area contributed by atoms with Gasteiger partial charge in [0.2, 0.25) is 0 Å². The number of aryl methyl sites for hydroxylation is 1. The van der Waals surface area contributed by atoms with Crippen LogP contribution >= 0.6 is 0 Å². The van der Waals surface area contributed by atoms with E-state index in [1.807, 2.05) is 0 Å². The molecule has 0 aliphatic carbocycles. The Bertz CT molecular complexity index is 400. The van der Waals surface area contributed by atoms with Crippen LogP contribution < -0.4 is 10.6 Å². The van der Waals surface area contributed by atoms with Crippen molar-refractivity contribution < 1.29 is 0 Å². The number of nitrogens with one attached hydrogen (secondary N) is 2. The fourth-order valence-corrected chi connectivity index (χ4v) is 1.69. The number of guanidine groups is 1. The summed E-state index contributed by atoms with van der Waals surface area (Å²) in [5, 5.41) is 6.41. The molecule has 1 aliphatic heterocycles. The molecule has 1 aromatic carbocycles. The first kappa shape index (κ1) is 10.0. The van der Waals surface area contributed by atoms with Crippen LogP contribution in [-0.2, 0) is 0 Å². The lowest BCUT2D eigenvalue weighted by Crippen LogP contribution is -2.23. The molecule has 2 rings (SSSR count). The van der Waals surface area contributed by atoms with E-state index in [4.69, 9.17) is 0 Å². The molecule has 1 fully saturated rings. The van der Waals surface area contributed by atoms with E-state index >= 15 is 0 Å². The van der Waals surface area contributed by atoms with Crippen LogP contribution in [0.4, 0.5) is 5.69 Å². The average Bonchev–Trinajstić information content (AvgIpc) is 2.72. The van der Waals surface area contributed by atoms with Crippen molar-refractivity contribution in [2.24, 2.45) is 4.99 Å².